The van der Waals surface area contributed by atoms with E-state index in [1.807, 2.05) is 18.2 Å². The van der Waals surface area contributed by atoms with E-state index < -0.39 is 0 Å². The Morgan fingerprint density at radius 3 is 2.82 bits per heavy atom. The Kier molecular flexibility index (Phi) is 4.81. The Bertz CT molecular complexity index is 574. The maximum atomic E-state index is 12.0. The van der Waals surface area contributed by atoms with Crippen LogP contribution in [0.25, 0.3) is 0 Å². The van der Waals surface area contributed by atoms with Crippen molar-refractivity contribution >= 4 is 5.78 Å². The summed E-state index contributed by atoms with van der Waals surface area (Å²) >= 11 is 0. The predicted molar refractivity (Wildman–Crippen MR) is 86.4 cm³/mol. The number of carbonyl (C=O) groups is 1. The van der Waals surface area contributed by atoms with Gasteiger partial charge in [-0.25, -0.2) is 0 Å². The summed E-state index contributed by atoms with van der Waals surface area (Å²) in [7, 11) is 0. The van der Waals surface area contributed by atoms with Crippen molar-refractivity contribution in [1.82, 2.24) is 0 Å². The van der Waals surface area contributed by atoms with Gasteiger partial charge in [-0.05, 0) is 49.0 Å². The van der Waals surface area contributed by atoms with Gasteiger partial charge in [0.25, 0.3) is 0 Å². The number of ether oxygens (including phenoxy) is 2. The molecule has 1 aromatic rings. The molecule has 22 heavy (non-hydrogen) atoms. The van der Waals surface area contributed by atoms with Crippen molar-refractivity contribution in [2.24, 2.45) is 0 Å². The van der Waals surface area contributed by atoms with Gasteiger partial charge in [-0.1, -0.05) is 37.8 Å². The van der Waals surface area contributed by atoms with E-state index in [0.717, 1.165) is 24.3 Å². The molecule has 0 fully saturated rings. The van der Waals surface area contributed by atoms with Gasteiger partial charge in [0.2, 0.25) is 6.79 Å². The van der Waals surface area contributed by atoms with Crippen molar-refractivity contribution in [2.45, 2.75) is 57.8 Å². The highest BCUT2D eigenvalue weighted by molar-refractivity contribution is 5.92. The molecule has 1 aromatic carbocycles. The van der Waals surface area contributed by atoms with Crippen LogP contribution in [0.5, 0.6) is 11.5 Å². The van der Waals surface area contributed by atoms with E-state index in [9.17, 15) is 4.79 Å². The van der Waals surface area contributed by atoms with E-state index in [4.69, 9.17) is 9.47 Å². The minimum atomic E-state index is 0.263. The lowest BCUT2D eigenvalue weighted by molar-refractivity contribution is -0.115. The molecule has 3 rings (SSSR count). The van der Waals surface area contributed by atoms with Crippen LogP contribution in [-0.2, 0) is 4.79 Å². The normalized spacial score (nSPS) is 20.1. The molecule has 0 bridgehead atoms. The highest BCUT2D eigenvalue weighted by atomic mass is 16.7. The third kappa shape index (κ3) is 3.52. The van der Waals surface area contributed by atoms with Gasteiger partial charge < -0.3 is 9.47 Å². The second kappa shape index (κ2) is 6.99. The number of carbonyl (C=O) groups excluding carboxylic acids is 1. The highest BCUT2D eigenvalue weighted by Gasteiger charge is 2.24. The first-order chi connectivity index (χ1) is 10.8. The van der Waals surface area contributed by atoms with Crippen molar-refractivity contribution in [2.75, 3.05) is 6.79 Å². The first-order valence-corrected chi connectivity index (χ1v) is 8.38. The van der Waals surface area contributed by atoms with Crippen molar-refractivity contribution in [3.63, 3.8) is 0 Å². The number of benzene rings is 1. The molecule has 0 aromatic heterocycles. The Balaban J connectivity index is 1.65. The van der Waals surface area contributed by atoms with Crippen LogP contribution in [0.3, 0.4) is 0 Å². The maximum Gasteiger partial charge on any atom is 0.231 e. The average Bonchev–Trinajstić information content (AvgIpc) is 2.98. The second-order valence-corrected chi connectivity index (χ2v) is 6.30. The molecule has 2 aliphatic rings. The van der Waals surface area contributed by atoms with Crippen LogP contribution < -0.4 is 9.47 Å². The lowest BCUT2D eigenvalue weighted by Crippen LogP contribution is -2.13. The Morgan fingerprint density at radius 1 is 1.09 bits per heavy atom. The fraction of sp³-hybridized carbons (Fsp3) is 0.526. The van der Waals surface area contributed by atoms with E-state index in [-0.39, 0.29) is 11.7 Å². The largest absolute Gasteiger partial charge is 0.454 e. The summed E-state index contributed by atoms with van der Waals surface area (Å²) in [4.78, 5) is 12.0. The molecule has 3 heteroatoms. The molecule has 118 valence electrons. The molecular weight excluding hydrogens is 276 g/mol. The number of fused-ring (bicyclic) bond motifs is 1. The van der Waals surface area contributed by atoms with Gasteiger partial charge in [0.05, 0.1) is 0 Å². The third-order valence-corrected chi connectivity index (χ3v) is 4.54. The van der Waals surface area contributed by atoms with E-state index >= 15 is 0 Å². The van der Waals surface area contributed by atoms with E-state index in [0.29, 0.717) is 13.2 Å². The zero-order valence-electron chi connectivity index (χ0n) is 13.3. The first kappa shape index (κ1) is 15.1. The fourth-order valence-corrected chi connectivity index (χ4v) is 3.33. The molecule has 0 spiro atoms. The quantitative estimate of drug-likeness (QED) is 0.711. The van der Waals surface area contributed by atoms with Crippen LogP contribution in [0, 0.1) is 0 Å². The number of hydrogen-bond acceptors (Lipinski definition) is 3. The maximum absolute atomic E-state index is 12.0. The van der Waals surface area contributed by atoms with Crippen LogP contribution in [0.2, 0.25) is 0 Å². The van der Waals surface area contributed by atoms with Gasteiger partial charge in [-0.15, -0.1) is 0 Å². The van der Waals surface area contributed by atoms with Crippen molar-refractivity contribution in [1.29, 1.82) is 0 Å². The number of unbranched alkanes of at least 4 members (excludes halogenated alkanes) is 3. The van der Waals surface area contributed by atoms with Crippen LogP contribution in [0.1, 0.15) is 63.4 Å². The van der Waals surface area contributed by atoms with Crippen LogP contribution in [0.4, 0.5) is 0 Å². The van der Waals surface area contributed by atoms with Crippen LogP contribution in [0.15, 0.2) is 29.8 Å². The average molecular weight is 300 g/mol. The molecule has 1 heterocycles. The van der Waals surface area contributed by atoms with Gasteiger partial charge in [-0.3, -0.25) is 4.79 Å². The SMILES string of the molecule is CCCCCCC1=CC(=O)CC(c2ccc3c(c2)OCO3)C1. The summed E-state index contributed by atoms with van der Waals surface area (Å²) in [6.45, 7) is 2.52. The standard InChI is InChI=1S/C19H24O3/c1-2-3-4-5-6-14-9-16(11-17(20)10-14)15-7-8-18-19(12-15)22-13-21-18/h7-8,10,12,16H,2-6,9,11,13H2,1H3. The monoisotopic (exact) mass is 300 g/mol. The zero-order valence-corrected chi connectivity index (χ0v) is 13.3. The lowest BCUT2D eigenvalue weighted by atomic mass is 9.81. The molecule has 1 aliphatic carbocycles. The van der Waals surface area contributed by atoms with E-state index in [1.54, 1.807) is 0 Å². The van der Waals surface area contributed by atoms with Gasteiger partial charge in [0.15, 0.2) is 17.3 Å². The van der Waals surface area contributed by atoms with Crippen LogP contribution >= 0.6 is 0 Å². The Labute approximate surface area is 132 Å². The molecular formula is C19H24O3. The zero-order chi connectivity index (χ0) is 15.4. The van der Waals surface area contributed by atoms with Crippen molar-refractivity contribution < 1.29 is 14.3 Å². The molecule has 1 aliphatic heterocycles. The number of ketones is 1. The summed E-state index contributed by atoms with van der Waals surface area (Å²) < 4.78 is 10.8. The fourth-order valence-electron chi connectivity index (χ4n) is 3.33. The van der Waals surface area contributed by atoms with E-state index in [1.165, 1.54) is 36.8 Å². The van der Waals surface area contributed by atoms with E-state index in [2.05, 4.69) is 13.0 Å². The summed E-state index contributed by atoms with van der Waals surface area (Å²) in [6.07, 6.45) is 9.54. The molecule has 1 unspecified atom stereocenters. The second-order valence-electron chi connectivity index (χ2n) is 6.30. The van der Waals surface area contributed by atoms with Gasteiger partial charge in [0.1, 0.15) is 0 Å². The Morgan fingerprint density at radius 2 is 1.95 bits per heavy atom. The number of rotatable bonds is 6. The summed E-state index contributed by atoms with van der Waals surface area (Å²) in [5, 5.41) is 0. The molecule has 0 amide bonds. The minimum Gasteiger partial charge on any atom is -0.454 e. The minimum absolute atomic E-state index is 0.263. The number of hydrogen-bond donors (Lipinski definition) is 0. The predicted octanol–water partition coefficient (Wildman–Crippen LogP) is 4.76. The van der Waals surface area contributed by atoms with Crippen LogP contribution in [-0.4, -0.2) is 12.6 Å². The third-order valence-electron chi connectivity index (χ3n) is 4.54. The van der Waals surface area contributed by atoms with Crippen molar-refractivity contribution in [3.05, 3.63) is 35.4 Å². The van der Waals surface area contributed by atoms with Gasteiger partial charge in [0, 0.05) is 6.42 Å². The topological polar surface area (TPSA) is 35.5 Å². The summed E-state index contributed by atoms with van der Waals surface area (Å²) in [5.41, 5.74) is 2.51. The molecule has 0 N–H and O–H groups in total. The molecule has 0 saturated heterocycles. The number of allylic oxidation sites excluding steroid dienone is 2. The lowest BCUT2D eigenvalue weighted by Gasteiger charge is -2.22. The molecule has 0 radical (unpaired) electrons. The molecule has 1 atom stereocenters. The summed E-state index contributed by atoms with van der Waals surface area (Å²) in [6, 6.07) is 6.08. The Hall–Kier alpha value is -1.77. The van der Waals surface area contributed by atoms with Gasteiger partial charge in [-0.2, -0.15) is 0 Å². The summed E-state index contributed by atoms with van der Waals surface area (Å²) in [5.74, 6) is 2.16. The molecule has 0 saturated carbocycles. The first-order valence-electron chi connectivity index (χ1n) is 8.38. The highest BCUT2D eigenvalue weighted by Crippen LogP contribution is 2.39. The van der Waals surface area contributed by atoms with Crippen molar-refractivity contribution in [3.8, 4) is 11.5 Å². The smallest absolute Gasteiger partial charge is 0.231 e. The molecule has 3 nitrogen and oxygen atoms in total. The van der Waals surface area contributed by atoms with Gasteiger partial charge >= 0.3 is 0 Å².